The second-order valence-electron chi connectivity index (χ2n) is 7.86. The molecule has 0 saturated carbocycles. The molecule has 0 aliphatic carbocycles. The molecule has 0 heterocycles. The summed E-state index contributed by atoms with van der Waals surface area (Å²) in [5.41, 5.74) is 0.227. The fourth-order valence-electron chi connectivity index (χ4n) is 2.93. The van der Waals surface area contributed by atoms with Crippen molar-refractivity contribution in [1.82, 2.24) is 4.90 Å². The minimum Gasteiger partial charge on any atom is -0.378 e. The Morgan fingerprint density at radius 1 is 1.15 bits per heavy atom. The van der Waals surface area contributed by atoms with Gasteiger partial charge in [0, 0.05) is 20.0 Å². The van der Waals surface area contributed by atoms with E-state index in [4.69, 9.17) is 4.74 Å². The molecular formula is C17H35NO2. The summed E-state index contributed by atoms with van der Waals surface area (Å²) in [7, 11) is 1.91. The zero-order chi connectivity index (χ0) is 16.0. The smallest absolute Gasteiger partial charge is 0.222 e. The van der Waals surface area contributed by atoms with Crippen LogP contribution in [0.5, 0.6) is 0 Å². The van der Waals surface area contributed by atoms with Gasteiger partial charge in [-0.3, -0.25) is 4.79 Å². The van der Waals surface area contributed by atoms with Gasteiger partial charge in [0.1, 0.15) is 0 Å². The van der Waals surface area contributed by atoms with Crippen molar-refractivity contribution in [2.24, 2.45) is 10.8 Å². The van der Waals surface area contributed by atoms with Crippen LogP contribution in [0.2, 0.25) is 0 Å². The molecule has 0 rings (SSSR count). The Morgan fingerprint density at radius 2 is 1.70 bits per heavy atom. The molecular weight excluding hydrogens is 250 g/mol. The fraction of sp³-hybridized carbons (Fsp3) is 0.941. The van der Waals surface area contributed by atoms with E-state index in [-0.39, 0.29) is 22.8 Å². The third kappa shape index (κ3) is 8.57. The van der Waals surface area contributed by atoms with Gasteiger partial charge in [-0.2, -0.15) is 0 Å². The van der Waals surface area contributed by atoms with Crippen molar-refractivity contribution < 1.29 is 9.53 Å². The Kier molecular flexibility index (Phi) is 7.79. The summed E-state index contributed by atoms with van der Waals surface area (Å²) < 4.78 is 5.76. The molecule has 0 aromatic carbocycles. The Balaban J connectivity index is 4.45. The van der Waals surface area contributed by atoms with E-state index in [9.17, 15) is 4.79 Å². The zero-order valence-corrected chi connectivity index (χ0v) is 14.9. The largest absolute Gasteiger partial charge is 0.378 e. The van der Waals surface area contributed by atoms with Crippen LogP contribution < -0.4 is 0 Å². The lowest BCUT2D eigenvalue weighted by molar-refractivity contribution is -0.131. The van der Waals surface area contributed by atoms with Crippen molar-refractivity contribution in [2.45, 2.75) is 73.8 Å². The van der Waals surface area contributed by atoms with Crippen molar-refractivity contribution in [1.29, 1.82) is 0 Å². The maximum Gasteiger partial charge on any atom is 0.222 e. The molecule has 3 nitrogen and oxygen atoms in total. The van der Waals surface area contributed by atoms with Gasteiger partial charge in [0.05, 0.1) is 12.7 Å². The maximum atomic E-state index is 11.9. The van der Waals surface area contributed by atoms with Crippen LogP contribution in [-0.4, -0.2) is 37.1 Å². The van der Waals surface area contributed by atoms with Crippen LogP contribution in [0.3, 0.4) is 0 Å². The molecule has 3 heteroatoms. The molecule has 0 saturated heterocycles. The molecule has 0 aromatic heterocycles. The van der Waals surface area contributed by atoms with Crippen molar-refractivity contribution in [2.75, 3.05) is 20.2 Å². The Morgan fingerprint density at radius 3 is 2.15 bits per heavy atom. The van der Waals surface area contributed by atoms with Gasteiger partial charge < -0.3 is 9.64 Å². The number of nitrogens with zero attached hydrogens (tertiary/aromatic N) is 1. The van der Waals surface area contributed by atoms with Crippen molar-refractivity contribution in [3.05, 3.63) is 0 Å². The molecule has 120 valence electrons. The zero-order valence-electron chi connectivity index (χ0n) is 14.9. The lowest BCUT2D eigenvalue weighted by Gasteiger charge is -2.37. The second kappa shape index (κ2) is 8.02. The van der Waals surface area contributed by atoms with Gasteiger partial charge in [0.25, 0.3) is 0 Å². The van der Waals surface area contributed by atoms with Gasteiger partial charge in [0.2, 0.25) is 5.91 Å². The van der Waals surface area contributed by atoms with E-state index in [2.05, 4.69) is 41.5 Å². The molecule has 1 amide bonds. The molecule has 0 radical (unpaired) electrons. The molecule has 0 aromatic rings. The van der Waals surface area contributed by atoms with E-state index in [1.807, 2.05) is 18.9 Å². The summed E-state index contributed by atoms with van der Waals surface area (Å²) in [6.07, 6.45) is 2.87. The van der Waals surface area contributed by atoms with Crippen molar-refractivity contribution in [3.63, 3.8) is 0 Å². The van der Waals surface area contributed by atoms with Crippen LogP contribution in [0.25, 0.3) is 0 Å². The SMILES string of the molecule is CCCC(=O)N(C)CC(C)(C)CC(C)(C)COC(C)C. The van der Waals surface area contributed by atoms with Gasteiger partial charge in [-0.25, -0.2) is 0 Å². The standard InChI is InChI=1S/C17H35NO2/c1-9-10-15(19)18(8)12-16(4,5)11-17(6,7)13-20-14(2)3/h14H,9-13H2,1-8H3. The van der Waals surface area contributed by atoms with Crippen molar-refractivity contribution >= 4 is 5.91 Å². The van der Waals surface area contributed by atoms with E-state index in [0.29, 0.717) is 6.42 Å². The lowest BCUT2D eigenvalue weighted by atomic mass is 9.75. The maximum absolute atomic E-state index is 11.9. The summed E-state index contributed by atoms with van der Waals surface area (Å²) in [6.45, 7) is 16.7. The van der Waals surface area contributed by atoms with Gasteiger partial charge in [-0.15, -0.1) is 0 Å². The summed E-state index contributed by atoms with van der Waals surface area (Å²) >= 11 is 0. The second-order valence-corrected chi connectivity index (χ2v) is 7.86. The molecule has 0 N–H and O–H groups in total. The molecule has 0 atom stereocenters. The van der Waals surface area contributed by atoms with Gasteiger partial charge in [0.15, 0.2) is 0 Å². The van der Waals surface area contributed by atoms with Gasteiger partial charge >= 0.3 is 0 Å². The number of hydrogen-bond donors (Lipinski definition) is 0. The van der Waals surface area contributed by atoms with E-state index in [1.54, 1.807) is 0 Å². The van der Waals surface area contributed by atoms with Crippen molar-refractivity contribution in [3.8, 4) is 0 Å². The van der Waals surface area contributed by atoms with E-state index in [1.165, 1.54) is 0 Å². The normalized spacial score (nSPS) is 12.8. The number of amides is 1. The highest BCUT2D eigenvalue weighted by Crippen LogP contribution is 2.34. The predicted molar refractivity (Wildman–Crippen MR) is 85.8 cm³/mol. The third-order valence-electron chi connectivity index (χ3n) is 3.32. The predicted octanol–water partition coefficient (Wildman–Crippen LogP) is 4.11. The number of carbonyl (C=O) groups excluding carboxylic acids is 1. The average Bonchev–Trinajstić information content (AvgIpc) is 2.24. The van der Waals surface area contributed by atoms with Gasteiger partial charge in [-0.1, -0.05) is 34.6 Å². The first-order valence-electron chi connectivity index (χ1n) is 7.85. The monoisotopic (exact) mass is 285 g/mol. The highest BCUT2D eigenvalue weighted by molar-refractivity contribution is 5.75. The first kappa shape index (κ1) is 19.4. The molecule has 0 fully saturated rings. The van der Waals surface area contributed by atoms with Crippen LogP contribution in [0, 0.1) is 10.8 Å². The van der Waals surface area contributed by atoms with Crippen LogP contribution in [-0.2, 0) is 9.53 Å². The first-order chi connectivity index (χ1) is 8.99. The average molecular weight is 285 g/mol. The number of ether oxygens (including phenoxy) is 1. The minimum atomic E-state index is 0.0992. The molecule has 0 unspecified atom stereocenters. The minimum absolute atomic E-state index is 0.0992. The Labute approximate surface area is 126 Å². The third-order valence-corrected chi connectivity index (χ3v) is 3.32. The number of hydrogen-bond acceptors (Lipinski definition) is 2. The highest BCUT2D eigenvalue weighted by atomic mass is 16.5. The molecule has 0 bridgehead atoms. The Bertz CT molecular complexity index is 295. The quantitative estimate of drug-likeness (QED) is 0.638. The fourth-order valence-corrected chi connectivity index (χ4v) is 2.93. The Hall–Kier alpha value is -0.570. The number of rotatable bonds is 9. The van der Waals surface area contributed by atoms with E-state index >= 15 is 0 Å². The topological polar surface area (TPSA) is 29.5 Å². The number of carbonyl (C=O) groups is 1. The van der Waals surface area contributed by atoms with Crippen LogP contribution >= 0.6 is 0 Å². The van der Waals surface area contributed by atoms with E-state index in [0.717, 1.165) is 26.0 Å². The molecule has 0 aliphatic rings. The molecule has 0 spiro atoms. The van der Waals surface area contributed by atoms with Crippen LogP contribution in [0.1, 0.15) is 67.7 Å². The lowest BCUT2D eigenvalue weighted by Crippen LogP contribution is -2.39. The van der Waals surface area contributed by atoms with Crippen LogP contribution in [0.15, 0.2) is 0 Å². The van der Waals surface area contributed by atoms with Crippen LogP contribution in [0.4, 0.5) is 0 Å². The summed E-state index contributed by atoms with van der Waals surface area (Å²) in [4.78, 5) is 13.8. The summed E-state index contributed by atoms with van der Waals surface area (Å²) in [5, 5.41) is 0. The molecule has 0 aliphatic heterocycles. The van der Waals surface area contributed by atoms with Gasteiger partial charge in [-0.05, 0) is 37.5 Å². The molecule has 20 heavy (non-hydrogen) atoms. The van der Waals surface area contributed by atoms with E-state index < -0.39 is 0 Å². The summed E-state index contributed by atoms with van der Waals surface area (Å²) in [6, 6.07) is 0. The highest BCUT2D eigenvalue weighted by Gasteiger charge is 2.31. The first-order valence-corrected chi connectivity index (χ1v) is 7.85. The summed E-state index contributed by atoms with van der Waals surface area (Å²) in [5.74, 6) is 0.247.